The quantitative estimate of drug-likeness (QED) is 0.467. The summed E-state index contributed by atoms with van der Waals surface area (Å²) in [5.41, 5.74) is 0. The lowest BCUT2D eigenvalue weighted by atomic mass is 10.4. The van der Waals surface area contributed by atoms with E-state index in [0.717, 1.165) is 6.08 Å². The Morgan fingerprint density at radius 3 is 2.18 bits per heavy atom. The van der Waals surface area contributed by atoms with Gasteiger partial charge < -0.3 is 4.74 Å². The van der Waals surface area contributed by atoms with Gasteiger partial charge in [0.1, 0.15) is 0 Å². The minimum atomic E-state index is -4.38. The monoisotopic (exact) mass is 172 g/mol. The van der Waals surface area contributed by atoms with Crippen molar-refractivity contribution >= 4 is 0 Å². The van der Waals surface area contributed by atoms with Crippen molar-refractivity contribution in [3.8, 4) is 0 Å². The Bertz CT molecular complexity index is 135. The van der Waals surface area contributed by atoms with Gasteiger partial charge in [0.25, 0.3) is 0 Å². The molecule has 0 aromatic carbocycles. The highest BCUT2D eigenvalue weighted by molar-refractivity contribution is 4.77. The van der Waals surface area contributed by atoms with E-state index >= 15 is 0 Å². The van der Waals surface area contributed by atoms with Gasteiger partial charge in [0.05, 0.1) is 6.10 Å². The van der Waals surface area contributed by atoms with Gasteiger partial charge in [-0.3, -0.25) is 0 Å². The van der Waals surface area contributed by atoms with Gasteiger partial charge in [0.2, 0.25) is 0 Å². The number of ether oxygens (including phenoxy) is 1. The summed E-state index contributed by atoms with van der Waals surface area (Å²) in [5.74, 6) is 0. The highest BCUT2D eigenvalue weighted by Crippen LogP contribution is 2.25. The molecule has 0 rings (SSSR count). The molecule has 0 heterocycles. The van der Waals surface area contributed by atoms with Gasteiger partial charge in [0.15, 0.2) is 0 Å². The zero-order chi connectivity index (χ0) is 9.07. The highest BCUT2D eigenvalue weighted by Gasteiger charge is 2.43. The predicted molar refractivity (Wildman–Crippen MR) is 31.7 cm³/mol. The molecule has 0 aliphatic heterocycles. The molecule has 0 saturated carbocycles. The minimum absolute atomic E-state index is 1.01. The van der Waals surface area contributed by atoms with Crippen LogP contribution in [-0.4, -0.2) is 18.6 Å². The lowest BCUT2D eigenvalue weighted by Crippen LogP contribution is -2.33. The van der Waals surface area contributed by atoms with Gasteiger partial charge in [-0.1, -0.05) is 6.08 Å². The van der Waals surface area contributed by atoms with Crippen LogP contribution in [0.4, 0.5) is 17.6 Å². The average Bonchev–Trinajstić information content (AvgIpc) is 1.86. The summed E-state index contributed by atoms with van der Waals surface area (Å²) < 4.78 is 50.4. The molecule has 1 atom stereocenters. The number of rotatable bonds is 4. The Hall–Kier alpha value is -0.580. The summed E-state index contributed by atoms with van der Waals surface area (Å²) in [6, 6.07) is 0. The van der Waals surface area contributed by atoms with Crippen molar-refractivity contribution in [3.05, 3.63) is 12.7 Å². The second-order valence-electron chi connectivity index (χ2n) is 1.92. The molecule has 0 bridgehead atoms. The summed E-state index contributed by atoms with van der Waals surface area (Å²) >= 11 is 0. The SMILES string of the molecule is C=CC(C)OC(F)(F)C(F)F. The van der Waals surface area contributed by atoms with E-state index in [1.54, 1.807) is 0 Å². The molecule has 1 unspecified atom stereocenters. The molecule has 0 spiro atoms. The van der Waals surface area contributed by atoms with Crippen LogP contribution in [0.5, 0.6) is 0 Å². The predicted octanol–water partition coefficient (Wildman–Crippen LogP) is 2.44. The third kappa shape index (κ3) is 3.36. The minimum Gasteiger partial charge on any atom is -0.309 e. The number of alkyl halides is 4. The Kier molecular flexibility index (Phi) is 3.51. The van der Waals surface area contributed by atoms with Crippen molar-refractivity contribution in [2.24, 2.45) is 0 Å². The van der Waals surface area contributed by atoms with Crippen molar-refractivity contribution in [1.29, 1.82) is 0 Å². The first kappa shape index (κ1) is 10.4. The van der Waals surface area contributed by atoms with Crippen LogP contribution in [0.25, 0.3) is 0 Å². The molecule has 0 N–H and O–H groups in total. The van der Waals surface area contributed by atoms with E-state index in [1.807, 2.05) is 0 Å². The smallest absolute Gasteiger partial charge is 0.309 e. The molecule has 0 fully saturated rings. The van der Waals surface area contributed by atoms with Crippen molar-refractivity contribution in [1.82, 2.24) is 0 Å². The van der Waals surface area contributed by atoms with Gasteiger partial charge in [-0.2, -0.15) is 8.78 Å². The van der Waals surface area contributed by atoms with Crippen LogP contribution < -0.4 is 0 Å². The van der Waals surface area contributed by atoms with Crippen molar-refractivity contribution in [2.45, 2.75) is 25.6 Å². The van der Waals surface area contributed by atoms with E-state index in [1.165, 1.54) is 6.92 Å². The lowest BCUT2D eigenvalue weighted by molar-refractivity contribution is -0.309. The highest BCUT2D eigenvalue weighted by atomic mass is 19.3. The Morgan fingerprint density at radius 1 is 1.45 bits per heavy atom. The molecule has 0 aliphatic carbocycles. The summed E-state index contributed by atoms with van der Waals surface area (Å²) in [7, 11) is 0. The van der Waals surface area contributed by atoms with Gasteiger partial charge in [-0.05, 0) is 6.92 Å². The van der Waals surface area contributed by atoms with E-state index in [4.69, 9.17) is 0 Å². The van der Waals surface area contributed by atoms with Gasteiger partial charge in [-0.15, -0.1) is 6.58 Å². The van der Waals surface area contributed by atoms with E-state index < -0.39 is 18.6 Å². The van der Waals surface area contributed by atoms with Crippen LogP contribution in [0.15, 0.2) is 12.7 Å². The first-order valence-corrected chi connectivity index (χ1v) is 2.86. The maximum Gasteiger partial charge on any atom is 0.417 e. The fourth-order valence-electron chi connectivity index (χ4n) is 0.347. The van der Waals surface area contributed by atoms with E-state index in [0.29, 0.717) is 0 Å². The van der Waals surface area contributed by atoms with Gasteiger partial charge >= 0.3 is 12.5 Å². The first-order valence-electron chi connectivity index (χ1n) is 2.86. The zero-order valence-corrected chi connectivity index (χ0v) is 5.86. The first-order chi connectivity index (χ1) is 4.90. The van der Waals surface area contributed by atoms with Crippen molar-refractivity contribution < 1.29 is 22.3 Å². The summed E-state index contributed by atoms with van der Waals surface area (Å²) in [6.45, 7) is 4.30. The van der Waals surface area contributed by atoms with Crippen LogP contribution in [0.2, 0.25) is 0 Å². The van der Waals surface area contributed by atoms with Crippen molar-refractivity contribution in [3.63, 3.8) is 0 Å². The molecule has 0 saturated heterocycles. The normalized spacial score (nSPS) is 15.1. The molecule has 0 amide bonds. The molecule has 1 nitrogen and oxygen atoms in total. The summed E-state index contributed by atoms with van der Waals surface area (Å²) in [5, 5.41) is 0. The number of halogens is 4. The maximum absolute atomic E-state index is 12.0. The molecular weight excluding hydrogens is 164 g/mol. The van der Waals surface area contributed by atoms with Gasteiger partial charge in [0, 0.05) is 0 Å². The zero-order valence-electron chi connectivity index (χ0n) is 5.86. The molecule has 0 radical (unpaired) electrons. The molecular formula is C6H8F4O. The van der Waals surface area contributed by atoms with Crippen LogP contribution in [0.3, 0.4) is 0 Å². The number of hydrogen-bond acceptors (Lipinski definition) is 1. The van der Waals surface area contributed by atoms with Crippen LogP contribution in [0, 0.1) is 0 Å². The summed E-state index contributed by atoms with van der Waals surface area (Å²) in [4.78, 5) is 0. The topological polar surface area (TPSA) is 9.23 Å². The molecule has 66 valence electrons. The molecule has 11 heavy (non-hydrogen) atoms. The molecule has 0 aliphatic rings. The molecule has 0 aromatic heterocycles. The second-order valence-corrected chi connectivity index (χ2v) is 1.92. The fraction of sp³-hybridized carbons (Fsp3) is 0.667. The average molecular weight is 172 g/mol. The third-order valence-electron chi connectivity index (χ3n) is 0.929. The van der Waals surface area contributed by atoms with E-state index in [9.17, 15) is 17.6 Å². The molecule has 0 aromatic rings. The van der Waals surface area contributed by atoms with E-state index in [-0.39, 0.29) is 0 Å². The maximum atomic E-state index is 12.0. The largest absolute Gasteiger partial charge is 0.417 e. The van der Waals surface area contributed by atoms with E-state index in [2.05, 4.69) is 11.3 Å². The van der Waals surface area contributed by atoms with Crippen molar-refractivity contribution in [2.75, 3.05) is 0 Å². The second kappa shape index (κ2) is 3.71. The van der Waals surface area contributed by atoms with Crippen LogP contribution in [-0.2, 0) is 4.74 Å². The number of hydrogen-bond donors (Lipinski definition) is 0. The lowest BCUT2D eigenvalue weighted by Gasteiger charge is -2.18. The Balaban J connectivity index is 4.00. The van der Waals surface area contributed by atoms with Gasteiger partial charge in [-0.25, -0.2) is 8.78 Å². The molecule has 5 heteroatoms. The Labute approximate surface area is 61.7 Å². The standard InChI is InChI=1S/C6H8F4O/c1-3-4(2)11-6(9,10)5(7)8/h3-5H,1H2,2H3. The summed E-state index contributed by atoms with van der Waals surface area (Å²) in [6.07, 6.45) is -8.26. The van der Waals surface area contributed by atoms with Crippen LogP contribution in [0.1, 0.15) is 6.92 Å². The third-order valence-corrected chi connectivity index (χ3v) is 0.929. The van der Waals surface area contributed by atoms with Crippen LogP contribution >= 0.6 is 0 Å². The fourth-order valence-corrected chi connectivity index (χ4v) is 0.347. The Morgan fingerprint density at radius 2 is 1.91 bits per heavy atom.